The largest absolute Gasteiger partial charge is 0.493 e. The number of hydrogen-bond donors (Lipinski definition) is 0. The van der Waals surface area contributed by atoms with E-state index >= 15 is 0 Å². The van der Waals surface area contributed by atoms with E-state index in [-0.39, 0.29) is 24.5 Å². The van der Waals surface area contributed by atoms with Crippen LogP contribution in [0, 0.1) is 15.0 Å². The molecular weight excluding hydrogens is 316 g/mol. The Balaban J connectivity index is 2.01. The number of benzene rings is 2. The number of ether oxygens (including phenoxy) is 1. The van der Waals surface area contributed by atoms with Crippen molar-refractivity contribution in [3.63, 3.8) is 0 Å². The summed E-state index contributed by atoms with van der Waals surface area (Å²) >= 11 is 0. The molecule has 0 saturated heterocycles. The van der Waals surface area contributed by atoms with Crippen LogP contribution >= 0.6 is 0 Å². The molecule has 0 aliphatic heterocycles. The maximum Gasteiger partial charge on any atom is 0.289 e. The fourth-order valence-corrected chi connectivity index (χ4v) is 1.91. The lowest BCUT2D eigenvalue weighted by Gasteiger charge is -2.06. The standard InChI is InChI=1S/C16H12N2O6/c19-15(17-21)9-10-24-14-7-3-12(4-8-14)16(20)11-1-5-13(6-2-11)18(22)23/h1-8H,9-10H2. The minimum Gasteiger partial charge on any atom is -0.493 e. The number of amides is 1. The molecule has 0 radical (unpaired) electrons. The molecule has 122 valence electrons. The molecule has 8 heteroatoms. The highest BCUT2D eigenvalue weighted by Gasteiger charge is 2.12. The second-order valence-corrected chi connectivity index (χ2v) is 4.74. The highest BCUT2D eigenvalue weighted by molar-refractivity contribution is 6.09. The number of nitrogens with zero attached hydrogens (tertiary/aromatic N) is 2. The molecule has 0 saturated carbocycles. The van der Waals surface area contributed by atoms with Crippen molar-refractivity contribution in [3.8, 4) is 5.75 Å². The third-order valence-corrected chi connectivity index (χ3v) is 3.14. The van der Waals surface area contributed by atoms with Crippen molar-refractivity contribution in [3.05, 3.63) is 74.7 Å². The van der Waals surface area contributed by atoms with Crippen molar-refractivity contribution >= 4 is 17.4 Å². The zero-order valence-electron chi connectivity index (χ0n) is 12.4. The summed E-state index contributed by atoms with van der Waals surface area (Å²) in [6, 6.07) is 11.5. The van der Waals surface area contributed by atoms with Gasteiger partial charge in [-0.05, 0) is 36.4 Å². The van der Waals surface area contributed by atoms with E-state index in [1.54, 1.807) is 24.3 Å². The lowest BCUT2D eigenvalue weighted by Crippen LogP contribution is -2.04. The van der Waals surface area contributed by atoms with Gasteiger partial charge in [-0.2, -0.15) is 0 Å². The SMILES string of the molecule is O=NC(=O)CCOc1ccc(C(=O)c2ccc([N+](=O)[O-])cc2)cc1. The molecular formula is C16H12N2O6. The van der Waals surface area contributed by atoms with E-state index in [1.165, 1.54) is 24.3 Å². The van der Waals surface area contributed by atoms with Gasteiger partial charge < -0.3 is 4.74 Å². The van der Waals surface area contributed by atoms with Crippen LogP contribution in [0.1, 0.15) is 22.3 Å². The van der Waals surface area contributed by atoms with E-state index in [2.05, 4.69) is 5.18 Å². The van der Waals surface area contributed by atoms with Crippen LogP contribution in [0.25, 0.3) is 0 Å². The number of carbonyl (C=O) groups excluding carboxylic acids is 2. The summed E-state index contributed by atoms with van der Waals surface area (Å²) in [5, 5.41) is 12.9. The van der Waals surface area contributed by atoms with Crippen LogP contribution in [0.5, 0.6) is 5.75 Å². The van der Waals surface area contributed by atoms with Crippen molar-refractivity contribution in [1.82, 2.24) is 0 Å². The number of carbonyl (C=O) groups is 2. The number of hydrogen-bond acceptors (Lipinski definition) is 6. The summed E-state index contributed by atoms with van der Waals surface area (Å²) in [7, 11) is 0. The number of nitroso groups, excluding NO2 is 1. The normalized spacial score (nSPS) is 10.0. The predicted octanol–water partition coefficient (Wildman–Crippen LogP) is 2.89. The summed E-state index contributed by atoms with van der Waals surface area (Å²) < 4.78 is 5.26. The number of non-ortho nitro benzene ring substituents is 1. The van der Waals surface area contributed by atoms with Gasteiger partial charge in [0.25, 0.3) is 11.6 Å². The fourth-order valence-electron chi connectivity index (χ4n) is 1.91. The van der Waals surface area contributed by atoms with Crippen molar-refractivity contribution in [2.24, 2.45) is 5.18 Å². The molecule has 0 heterocycles. The Hall–Kier alpha value is -3.42. The minimum absolute atomic E-state index is 0.0141. The Labute approximate surface area is 136 Å². The van der Waals surface area contributed by atoms with Crippen molar-refractivity contribution in [1.29, 1.82) is 0 Å². The molecule has 0 unspecified atom stereocenters. The average molecular weight is 328 g/mol. The van der Waals surface area contributed by atoms with Gasteiger partial charge in [0, 0.05) is 28.4 Å². The predicted molar refractivity (Wildman–Crippen MR) is 83.9 cm³/mol. The monoisotopic (exact) mass is 328 g/mol. The molecule has 0 atom stereocenters. The number of rotatable bonds is 7. The lowest BCUT2D eigenvalue weighted by molar-refractivity contribution is -0.384. The van der Waals surface area contributed by atoms with Gasteiger partial charge in [-0.1, -0.05) is 0 Å². The van der Waals surface area contributed by atoms with Gasteiger partial charge >= 0.3 is 0 Å². The van der Waals surface area contributed by atoms with E-state index < -0.39 is 10.8 Å². The van der Waals surface area contributed by atoms with Crippen LogP contribution in [-0.4, -0.2) is 23.2 Å². The maximum atomic E-state index is 12.3. The zero-order valence-corrected chi connectivity index (χ0v) is 12.4. The van der Waals surface area contributed by atoms with Crippen molar-refractivity contribution < 1.29 is 19.2 Å². The Morgan fingerprint density at radius 3 is 2.04 bits per heavy atom. The van der Waals surface area contributed by atoms with Crippen LogP contribution < -0.4 is 4.74 Å². The summed E-state index contributed by atoms with van der Waals surface area (Å²) in [6.07, 6.45) is -0.118. The van der Waals surface area contributed by atoms with Crippen molar-refractivity contribution in [2.45, 2.75) is 6.42 Å². The molecule has 0 bridgehead atoms. The van der Waals surface area contributed by atoms with Gasteiger partial charge in [-0.25, -0.2) is 0 Å². The van der Waals surface area contributed by atoms with Gasteiger partial charge in [-0.15, -0.1) is 4.91 Å². The smallest absolute Gasteiger partial charge is 0.289 e. The molecule has 8 nitrogen and oxygen atoms in total. The molecule has 2 rings (SSSR count). The lowest BCUT2D eigenvalue weighted by atomic mass is 10.0. The highest BCUT2D eigenvalue weighted by atomic mass is 16.6. The molecule has 0 spiro atoms. The molecule has 0 aliphatic carbocycles. The van der Waals surface area contributed by atoms with E-state index in [4.69, 9.17) is 4.74 Å². The number of nitro benzene ring substituents is 1. The van der Waals surface area contributed by atoms with E-state index in [1.807, 2.05) is 0 Å². The first-order chi connectivity index (χ1) is 11.5. The first kappa shape index (κ1) is 16.9. The highest BCUT2D eigenvalue weighted by Crippen LogP contribution is 2.18. The van der Waals surface area contributed by atoms with Gasteiger partial charge in [0.15, 0.2) is 5.78 Å². The van der Waals surface area contributed by atoms with Crippen LogP contribution in [0.4, 0.5) is 5.69 Å². The third kappa shape index (κ3) is 4.29. The molecule has 0 fully saturated rings. The molecule has 0 aromatic heterocycles. The van der Waals surface area contributed by atoms with Gasteiger partial charge in [0.1, 0.15) is 5.75 Å². The Bertz CT molecular complexity index is 768. The first-order valence-electron chi connectivity index (χ1n) is 6.89. The Kier molecular flexibility index (Phi) is 5.45. The topological polar surface area (TPSA) is 116 Å². The van der Waals surface area contributed by atoms with Gasteiger partial charge in [-0.3, -0.25) is 19.7 Å². The summed E-state index contributed by atoms with van der Waals surface area (Å²) in [5.74, 6) is -0.634. The van der Waals surface area contributed by atoms with Crippen molar-refractivity contribution in [2.75, 3.05) is 6.61 Å². The minimum atomic E-state index is -0.792. The van der Waals surface area contributed by atoms with Crippen LogP contribution in [0.2, 0.25) is 0 Å². The summed E-state index contributed by atoms with van der Waals surface area (Å²) in [5.41, 5.74) is 0.633. The second-order valence-electron chi connectivity index (χ2n) is 4.74. The van der Waals surface area contributed by atoms with Crippen LogP contribution in [-0.2, 0) is 4.79 Å². The number of nitro groups is 1. The summed E-state index contributed by atoms with van der Waals surface area (Å²) in [6.45, 7) is 0.0141. The first-order valence-corrected chi connectivity index (χ1v) is 6.89. The second kappa shape index (κ2) is 7.73. The van der Waals surface area contributed by atoms with E-state index in [0.29, 0.717) is 16.9 Å². The molecule has 1 amide bonds. The van der Waals surface area contributed by atoms with E-state index in [0.717, 1.165) is 0 Å². The fraction of sp³-hybridized carbons (Fsp3) is 0.125. The molecule has 0 N–H and O–H groups in total. The average Bonchev–Trinajstić information content (AvgIpc) is 2.61. The molecule has 0 aliphatic rings. The molecule has 2 aromatic carbocycles. The van der Waals surface area contributed by atoms with Crippen LogP contribution in [0.15, 0.2) is 53.7 Å². The Morgan fingerprint density at radius 1 is 1.00 bits per heavy atom. The molecule has 2 aromatic rings. The zero-order chi connectivity index (χ0) is 17.5. The summed E-state index contributed by atoms with van der Waals surface area (Å²) in [4.78, 5) is 43.0. The number of ketones is 1. The van der Waals surface area contributed by atoms with Gasteiger partial charge in [0.05, 0.1) is 18.0 Å². The quantitative estimate of drug-likeness (QED) is 0.334. The van der Waals surface area contributed by atoms with Gasteiger partial charge in [0.2, 0.25) is 0 Å². The Morgan fingerprint density at radius 2 is 1.54 bits per heavy atom. The van der Waals surface area contributed by atoms with Crippen LogP contribution in [0.3, 0.4) is 0 Å². The molecule has 24 heavy (non-hydrogen) atoms. The van der Waals surface area contributed by atoms with E-state index in [9.17, 15) is 24.6 Å². The maximum absolute atomic E-state index is 12.3. The third-order valence-electron chi connectivity index (χ3n) is 3.14.